The van der Waals surface area contributed by atoms with Crippen LogP contribution in [0, 0.1) is 18.3 Å². The van der Waals surface area contributed by atoms with Crippen molar-refractivity contribution in [1.82, 2.24) is 4.98 Å². The lowest BCUT2D eigenvalue weighted by Crippen LogP contribution is -2.07. The van der Waals surface area contributed by atoms with Gasteiger partial charge in [-0.15, -0.1) is 0 Å². The van der Waals surface area contributed by atoms with Crippen LogP contribution in [0.5, 0.6) is 5.75 Å². The van der Waals surface area contributed by atoms with Crippen molar-refractivity contribution in [1.29, 1.82) is 5.26 Å². The van der Waals surface area contributed by atoms with Crippen LogP contribution in [0.15, 0.2) is 63.8 Å². The van der Waals surface area contributed by atoms with Crippen LogP contribution in [-0.4, -0.2) is 10.1 Å². The van der Waals surface area contributed by atoms with E-state index in [1.165, 1.54) is 0 Å². The largest absolute Gasteiger partial charge is 0.506 e. The number of anilines is 1. The van der Waals surface area contributed by atoms with Gasteiger partial charge in [-0.3, -0.25) is 0 Å². The minimum absolute atomic E-state index is 0.0262. The molecule has 0 atom stereocenters. The van der Waals surface area contributed by atoms with Crippen molar-refractivity contribution in [3.05, 3.63) is 76.1 Å². The molecule has 6 nitrogen and oxygen atoms in total. The van der Waals surface area contributed by atoms with Crippen LogP contribution in [0.4, 0.5) is 5.82 Å². The smallest absolute Gasteiger partial charge is 0.349 e. The maximum atomic E-state index is 12.6. The molecule has 2 aromatic heterocycles. The molecule has 6 heteroatoms. The second-order valence-corrected chi connectivity index (χ2v) is 6.41. The molecule has 0 radical (unpaired) electrons. The minimum Gasteiger partial charge on any atom is -0.506 e. The summed E-state index contributed by atoms with van der Waals surface area (Å²) in [5, 5.41) is 20.6. The van der Waals surface area contributed by atoms with Gasteiger partial charge in [0.05, 0.1) is 11.1 Å². The SMILES string of the molecule is Cc1ccc2c(O)c(-c3cc(-c4ccccc4)c(C#N)c(N)n3)c(=O)oc2c1. The van der Waals surface area contributed by atoms with E-state index >= 15 is 0 Å². The summed E-state index contributed by atoms with van der Waals surface area (Å²) in [4.78, 5) is 16.8. The van der Waals surface area contributed by atoms with E-state index in [1.807, 2.05) is 43.3 Å². The minimum atomic E-state index is -0.730. The Balaban J connectivity index is 2.03. The topological polar surface area (TPSA) is 113 Å². The Hall–Kier alpha value is -4.11. The van der Waals surface area contributed by atoms with Crippen LogP contribution in [0.1, 0.15) is 11.1 Å². The first kappa shape index (κ1) is 17.3. The molecular formula is C22H15N3O3. The lowest BCUT2D eigenvalue weighted by atomic mass is 9.98. The molecule has 2 heterocycles. The fourth-order valence-electron chi connectivity index (χ4n) is 3.17. The normalized spacial score (nSPS) is 10.7. The van der Waals surface area contributed by atoms with Gasteiger partial charge < -0.3 is 15.3 Å². The molecule has 0 aliphatic rings. The fraction of sp³-hybridized carbons (Fsp3) is 0.0455. The number of hydrogen-bond acceptors (Lipinski definition) is 6. The first-order valence-corrected chi connectivity index (χ1v) is 8.52. The highest BCUT2D eigenvalue weighted by Gasteiger charge is 2.20. The van der Waals surface area contributed by atoms with Crippen molar-refractivity contribution in [3.8, 4) is 34.2 Å². The molecule has 0 fully saturated rings. The van der Waals surface area contributed by atoms with Gasteiger partial charge in [-0.25, -0.2) is 9.78 Å². The average Bonchev–Trinajstić information content (AvgIpc) is 2.68. The summed E-state index contributed by atoms with van der Waals surface area (Å²) in [7, 11) is 0. The van der Waals surface area contributed by atoms with Crippen LogP contribution < -0.4 is 11.4 Å². The second kappa shape index (κ2) is 6.56. The summed E-state index contributed by atoms with van der Waals surface area (Å²) in [6.45, 7) is 1.86. The van der Waals surface area contributed by atoms with E-state index in [-0.39, 0.29) is 34.0 Å². The highest BCUT2D eigenvalue weighted by atomic mass is 16.4. The van der Waals surface area contributed by atoms with Crippen LogP contribution in [-0.2, 0) is 0 Å². The summed E-state index contributed by atoms with van der Waals surface area (Å²) in [5.74, 6) is -0.261. The van der Waals surface area contributed by atoms with Gasteiger partial charge in [0.2, 0.25) is 0 Å². The van der Waals surface area contributed by atoms with E-state index in [0.717, 1.165) is 11.1 Å². The Kier molecular flexibility index (Phi) is 4.06. The number of aryl methyl sites for hydroxylation is 1. The third-order valence-corrected chi connectivity index (χ3v) is 4.54. The molecule has 0 saturated carbocycles. The predicted molar refractivity (Wildman–Crippen MR) is 107 cm³/mol. The Morgan fingerprint density at radius 1 is 1.14 bits per heavy atom. The first-order chi connectivity index (χ1) is 13.5. The number of rotatable bonds is 2. The molecule has 0 amide bonds. The molecule has 4 rings (SSSR count). The monoisotopic (exact) mass is 369 g/mol. The number of nitrogens with two attached hydrogens (primary N) is 1. The van der Waals surface area contributed by atoms with Crippen molar-refractivity contribution in [2.45, 2.75) is 6.92 Å². The molecule has 0 unspecified atom stereocenters. The standard InChI is InChI=1S/C22H15N3O3/c1-12-7-8-14-18(9-12)28-22(27)19(20(14)26)17-10-15(13-5-3-2-4-6-13)16(11-23)21(24)25-17/h2-10,26H,1H3,(H2,24,25). The molecule has 3 N–H and O–H groups in total. The maximum Gasteiger partial charge on any atom is 0.349 e. The van der Waals surface area contributed by atoms with E-state index in [9.17, 15) is 15.2 Å². The maximum absolute atomic E-state index is 12.6. The van der Waals surface area contributed by atoms with E-state index in [4.69, 9.17) is 10.2 Å². The summed E-state index contributed by atoms with van der Waals surface area (Å²) in [5.41, 5.74) is 7.97. The second-order valence-electron chi connectivity index (χ2n) is 6.41. The van der Waals surface area contributed by atoms with Gasteiger partial charge in [0.15, 0.2) is 0 Å². The zero-order chi connectivity index (χ0) is 19.8. The van der Waals surface area contributed by atoms with Gasteiger partial charge in [0, 0.05) is 5.56 Å². The van der Waals surface area contributed by atoms with Gasteiger partial charge in [-0.05, 0) is 36.2 Å². The van der Waals surface area contributed by atoms with Crippen molar-refractivity contribution < 1.29 is 9.52 Å². The van der Waals surface area contributed by atoms with E-state index in [1.54, 1.807) is 18.2 Å². The number of pyridine rings is 1. The molecule has 0 spiro atoms. The van der Waals surface area contributed by atoms with Crippen molar-refractivity contribution in [2.75, 3.05) is 5.73 Å². The zero-order valence-electron chi connectivity index (χ0n) is 14.9. The van der Waals surface area contributed by atoms with E-state index < -0.39 is 5.63 Å². The Labute approximate surface area is 160 Å². The summed E-state index contributed by atoms with van der Waals surface area (Å²) in [6, 6.07) is 17.9. The highest BCUT2D eigenvalue weighted by Crippen LogP contribution is 2.36. The lowest BCUT2D eigenvalue weighted by Gasteiger charge is -2.11. The Bertz CT molecular complexity index is 1320. The van der Waals surface area contributed by atoms with Crippen molar-refractivity contribution in [3.63, 3.8) is 0 Å². The summed E-state index contributed by atoms with van der Waals surface area (Å²) < 4.78 is 5.39. The quantitative estimate of drug-likeness (QED) is 0.517. The number of fused-ring (bicyclic) bond motifs is 1. The molecule has 0 bridgehead atoms. The van der Waals surface area contributed by atoms with Gasteiger partial charge in [0.1, 0.15) is 34.3 Å². The third-order valence-electron chi connectivity index (χ3n) is 4.54. The molecule has 0 saturated heterocycles. The van der Waals surface area contributed by atoms with Gasteiger partial charge in [0.25, 0.3) is 0 Å². The predicted octanol–water partition coefficient (Wildman–Crippen LogP) is 3.99. The number of benzene rings is 2. The highest BCUT2D eigenvalue weighted by molar-refractivity contribution is 5.91. The van der Waals surface area contributed by atoms with Crippen LogP contribution in [0.25, 0.3) is 33.4 Å². The first-order valence-electron chi connectivity index (χ1n) is 8.52. The third kappa shape index (κ3) is 2.75. The Morgan fingerprint density at radius 2 is 1.89 bits per heavy atom. The Morgan fingerprint density at radius 3 is 2.61 bits per heavy atom. The van der Waals surface area contributed by atoms with Crippen LogP contribution >= 0.6 is 0 Å². The van der Waals surface area contributed by atoms with Gasteiger partial charge in [-0.2, -0.15) is 5.26 Å². The molecule has 2 aromatic carbocycles. The van der Waals surface area contributed by atoms with E-state index in [0.29, 0.717) is 10.9 Å². The lowest BCUT2D eigenvalue weighted by molar-refractivity contribution is 0.471. The van der Waals surface area contributed by atoms with Gasteiger partial charge in [-0.1, -0.05) is 36.4 Å². The van der Waals surface area contributed by atoms with Gasteiger partial charge >= 0.3 is 5.63 Å². The van der Waals surface area contributed by atoms with Crippen LogP contribution in [0.3, 0.4) is 0 Å². The van der Waals surface area contributed by atoms with E-state index in [2.05, 4.69) is 11.1 Å². The molecule has 0 aliphatic heterocycles. The number of nitrogens with zero attached hydrogens (tertiary/aromatic N) is 2. The molecule has 28 heavy (non-hydrogen) atoms. The molecule has 4 aromatic rings. The van der Waals surface area contributed by atoms with Crippen LogP contribution in [0.2, 0.25) is 0 Å². The number of nitrogen functional groups attached to an aromatic ring is 1. The fourth-order valence-corrected chi connectivity index (χ4v) is 3.17. The number of aromatic nitrogens is 1. The summed E-state index contributed by atoms with van der Waals surface area (Å²) in [6.07, 6.45) is 0. The molecular weight excluding hydrogens is 354 g/mol. The van der Waals surface area contributed by atoms with Crippen molar-refractivity contribution in [2.24, 2.45) is 0 Å². The summed E-state index contributed by atoms with van der Waals surface area (Å²) >= 11 is 0. The average molecular weight is 369 g/mol. The molecule has 0 aliphatic carbocycles. The number of aromatic hydroxyl groups is 1. The molecule has 136 valence electrons. The number of hydrogen-bond donors (Lipinski definition) is 2. The van der Waals surface area contributed by atoms with Crippen molar-refractivity contribution >= 4 is 16.8 Å². The zero-order valence-corrected chi connectivity index (χ0v) is 14.9. The number of nitriles is 1.